The van der Waals surface area contributed by atoms with Gasteiger partial charge in [-0.2, -0.15) is 4.98 Å². The van der Waals surface area contributed by atoms with Gasteiger partial charge in [-0.05, 0) is 94.7 Å². The molecular weight excluding hydrogens is 586 g/mol. The molecule has 2 aromatic heterocycles. The molecule has 0 aliphatic rings. The summed E-state index contributed by atoms with van der Waals surface area (Å²) in [5, 5.41) is 20.1. The van der Waals surface area contributed by atoms with E-state index in [1.54, 1.807) is 29.1 Å². The van der Waals surface area contributed by atoms with E-state index in [2.05, 4.69) is 38.4 Å². The van der Waals surface area contributed by atoms with Crippen molar-refractivity contribution in [1.29, 1.82) is 0 Å². The number of imidazole rings is 1. The zero-order valence-electron chi connectivity index (χ0n) is 27.2. The number of aryl methyl sites for hydroxylation is 4. The van der Waals surface area contributed by atoms with Crippen LogP contribution in [0.5, 0.6) is 5.75 Å². The number of amides is 2. The molecule has 0 bridgehead atoms. The van der Waals surface area contributed by atoms with Gasteiger partial charge in [0.05, 0.1) is 6.04 Å². The fraction of sp³-hybridized carbons (Fsp3) is 0.485. The molecule has 9 N–H and O–H groups in total. The molecule has 1 aromatic carbocycles. The lowest BCUT2D eigenvalue weighted by molar-refractivity contribution is -0.130. The number of benzene rings is 1. The van der Waals surface area contributed by atoms with Crippen LogP contribution < -0.4 is 27.8 Å². The number of nitrogen functional groups attached to an aromatic ring is 1. The molecule has 250 valence electrons. The second kappa shape index (κ2) is 17.9. The Morgan fingerprint density at radius 2 is 1.87 bits per heavy atom. The zero-order valence-corrected chi connectivity index (χ0v) is 27.2. The van der Waals surface area contributed by atoms with Crippen LogP contribution in [-0.4, -0.2) is 55.2 Å². The standard InChI is InChI=1S/C33H49N9O4/c1-5-21(2)10-6-7-13-29-40-32(46-41-29)27(12-8-14-34)38-31(45)28(20-25-22(3)18-24(43)19-23(25)4)39-30(44)26(35)11-9-16-42-17-15-37-33(42)36/h5,10,15,17-19,26-28,43H,1,6-9,11-14,16,20,34-35H2,2-4H3,(H2,36,37)(H,38,45)(H,39,44)/b21-10-/t26-,27-,28+/m1/s1. The van der Waals surface area contributed by atoms with Crippen molar-refractivity contribution in [3.8, 4) is 5.75 Å². The van der Waals surface area contributed by atoms with E-state index in [0.29, 0.717) is 57.0 Å². The largest absolute Gasteiger partial charge is 0.508 e. The van der Waals surface area contributed by atoms with Crippen molar-refractivity contribution >= 4 is 17.8 Å². The van der Waals surface area contributed by atoms with Crippen LogP contribution in [0, 0.1) is 13.8 Å². The van der Waals surface area contributed by atoms with Crippen molar-refractivity contribution in [2.24, 2.45) is 11.5 Å². The molecular formula is C33H49N9O4. The maximum absolute atomic E-state index is 13.9. The number of phenols is 1. The Morgan fingerprint density at radius 3 is 2.52 bits per heavy atom. The molecule has 3 aromatic rings. The first-order valence-electron chi connectivity index (χ1n) is 15.8. The maximum atomic E-state index is 13.9. The van der Waals surface area contributed by atoms with Gasteiger partial charge < -0.3 is 42.0 Å². The third-order valence-electron chi connectivity index (χ3n) is 7.91. The molecule has 46 heavy (non-hydrogen) atoms. The summed E-state index contributed by atoms with van der Waals surface area (Å²) >= 11 is 0. The van der Waals surface area contributed by atoms with Gasteiger partial charge in [0, 0.05) is 31.8 Å². The number of nitrogens with one attached hydrogen (secondary N) is 2. The molecule has 3 rings (SSSR count). The van der Waals surface area contributed by atoms with Gasteiger partial charge in [0.25, 0.3) is 0 Å². The van der Waals surface area contributed by atoms with Crippen LogP contribution in [-0.2, 0) is 29.0 Å². The molecule has 2 heterocycles. The topological polar surface area (TPSA) is 213 Å². The van der Waals surface area contributed by atoms with Gasteiger partial charge in [-0.15, -0.1) is 0 Å². The van der Waals surface area contributed by atoms with Gasteiger partial charge in [-0.1, -0.05) is 29.5 Å². The third-order valence-corrected chi connectivity index (χ3v) is 7.91. The Bertz CT molecular complexity index is 1460. The number of aromatic nitrogens is 4. The number of rotatable bonds is 19. The third kappa shape index (κ3) is 10.8. The SMILES string of the molecule is C=C/C(C)=C\CCCc1noc([C@@H](CCCN)NC(=O)[C@H](Cc2c(C)cc(O)cc2C)NC(=O)[C@H](N)CCCn2ccnc2N)n1. The number of unbranched alkanes of at least 4 members (excludes halogenated alkanes) is 1. The van der Waals surface area contributed by atoms with Gasteiger partial charge in [-0.3, -0.25) is 9.59 Å². The molecule has 3 atom stereocenters. The van der Waals surface area contributed by atoms with E-state index < -0.39 is 29.9 Å². The van der Waals surface area contributed by atoms with Crippen molar-refractivity contribution in [1.82, 2.24) is 30.3 Å². The van der Waals surface area contributed by atoms with E-state index in [0.717, 1.165) is 35.1 Å². The molecule has 0 saturated heterocycles. The lowest BCUT2D eigenvalue weighted by Gasteiger charge is -2.24. The lowest BCUT2D eigenvalue weighted by atomic mass is 9.95. The second-order valence-corrected chi connectivity index (χ2v) is 11.6. The number of nitrogens with two attached hydrogens (primary N) is 3. The van der Waals surface area contributed by atoms with E-state index in [9.17, 15) is 14.7 Å². The van der Waals surface area contributed by atoms with Crippen LogP contribution in [0.4, 0.5) is 5.95 Å². The van der Waals surface area contributed by atoms with Crippen LogP contribution in [0.15, 0.2) is 53.4 Å². The van der Waals surface area contributed by atoms with Crippen molar-refractivity contribution < 1.29 is 19.2 Å². The summed E-state index contributed by atoms with van der Waals surface area (Å²) in [6, 6.07) is 0.846. The maximum Gasteiger partial charge on any atom is 0.249 e. The number of carbonyl (C=O) groups excluding carboxylic acids is 2. The molecule has 13 heteroatoms. The highest BCUT2D eigenvalue weighted by Crippen LogP contribution is 2.23. The number of hydrogen-bond acceptors (Lipinski definition) is 10. The number of phenolic OH excluding ortho intramolecular Hbond substituents is 1. The van der Waals surface area contributed by atoms with Crippen LogP contribution in [0.1, 0.15) is 79.9 Å². The number of allylic oxidation sites excluding steroid dienone is 3. The highest BCUT2D eigenvalue weighted by Gasteiger charge is 2.29. The number of hydrogen-bond donors (Lipinski definition) is 6. The summed E-state index contributed by atoms with van der Waals surface area (Å²) in [5.74, 6) is 0.480. The summed E-state index contributed by atoms with van der Waals surface area (Å²) in [6.45, 7) is 10.4. The number of nitrogens with zero attached hydrogens (tertiary/aromatic N) is 4. The Morgan fingerprint density at radius 1 is 1.13 bits per heavy atom. The highest BCUT2D eigenvalue weighted by atomic mass is 16.5. The normalized spacial score (nSPS) is 13.6. The first kappa shape index (κ1) is 36.0. The van der Waals surface area contributed by atoms with E-state index in [1.807, 2.05) is 26.8 Å². The average molecular weight is 636 g/mol. The molecule has 0 unspecified atom stereocenters. The first-order valence-corrected chi connectivity index (χ1v) is 15.8. The Labute approximate surface area is 270 Å². The molecule has 0 aliphatic heterocycles. The van der Waals surface area contributed by atoms with Crippen LogP contribution in [0.25, 0.3) is 0 Å². The first-order chi connectivity index (χ1) is 22.0. The Kier molecular flexibility index (Phi) is 14.0. The summed E-state index contributed by atoms with van der Waals surface area (Å²) in [4.78, 5) is 35.7. The van der Waals surface area contributed by atoms with Crippen molar-refractivity contribution in [2.45, 2.75) is 96.8 Å². The monoisotopic (exact) mass is 635 g/mol. The van der Waals surface area contributed by atoms with Gasteiger partial charge in [0.15, 0.2) is 11.8 Å². The fourth-order valence-electron chi connectivity index (χ4n) is 5.16. The van der Waals surface area contributed by atoms with Gasteiger partial charge in [0.2, 0.25) is 17.7 Å². The van der Waals surface area contributed by atoms with Crippen molar-refractivity contribution in [3.63, 3.8) is 0 Å². The van der Waals surface area contributed by atoms with Crippen molar-refractivity contribution in [2.75, 3.05) is 12.3 Å². The summed E-state index contributed by atoms with van der Waals surface area (Å²) < 4.78 is 7.36. The van der Waals surface area contributed by atoms with E-state index in [-0.39, 0.29) is 18.1 Å². The second-order valence-electron chi connectivity index (χ2n) is 11.6. The number of carbonyl (C=O) groups is 2. The summed E-state index contributed by atoms with van der Waals surface area (Å²) in [5.41, 5.74) is 21.4. The van der Waals surface area contributed by atoms with E-state index in [1.165, 1.54) is 0 Å². The van der Waals surface area contributed by atoms with Gasteiger partial charge >= 0.3 is 0 Å². The predicted octanol–water partition coefficient (Wildman–Crippen LogP) is 3.06. The van der Waals surface area contributed by atoms with Crippen LogP contribution in [0.2, 0.25) is 0 Å². The smallest absolute Gasteiger partial charge is 0.249 e. The molecule has 2 amide bonds. The lowest BCUT2D eigenvalue weighted by Crippen LogP contribution is -2.53. The molecule has 13 nitrogen and oxygen atoms in total. The van der Waals surface area contributed by atoms with Crippen LogP contribution >= 0.6 is 0 Å². The van der Waals surface area contributed by atoms with Crippen molar-refractivity contribution in [3.05, 3.63) is 77.2 Å². The molecule has 0 aliphatic carbocycles. The number of aromatic hydroxyl groups is 1. The Balaban J connectivity index is 1.75. The molecule has 0 spiro atoms. The van der Waals surface area contributed by atoms with Gasteiger partial charge in [-0.25, -0.2) is 4.98 Å². The van der Waals surface area contributed by atoms with Crippen LogP contribution in [0.3, 0.4) is 0 Å². The highest BCUT2D eigenvalue weighted by molar-refractivity contribution is 5.90. The minimum Gasteiger partial charge on any atom is -0.508 e. The Hall–Kier alpha value is -4.49. The molecule has 0 fully saturated rings. The quantitative estimate of drug-likeness (QED) is 0.0836. The number of anilines is 1. The van der Waals surface area contributed by atoms with Gasteiger partial charge in [0.1, 0.15) is 17.8 Å². The summed E-state index contributed by atoms with van der Waals surface area (Å²) in [7, 11) is 0. The molecule has 0 radical (unpaired) electrons. The average Bonchev–Trinajstić information content (AvgIpc) is 3.66. The predicted molar refractivity (Wildman–Crippen MR) is 177 cm³/mol. The minimum atomic E-state index is -0.965. The fourth-order valence-corrected chi connectivity index (χ4v) is 5.16. The molecule has 0 saturated carbocycles. The minimum absolute atomic E-state index is 0.130. The van der Waals surface area contributed by atoms with E-state index in [4.69, 9.17) is 21.7 Å². The zero-order chi connectivity index (χ0) is 33.6. The summed E-state index contributed by atoms with van der Waals surface area (Å²) in [6.07, 6.45) is 11.8. The van der Waals surface area contributed by atoms with E-state index >= 15 is 0 Å².